The Morgan fingerprint density at radius 3 is 2.50 bits per heavy atom. The highest BCUT2D eigenvalue weighted by Gasteiger charge is 2.14. The summed E-state index contributed by atoms with van der Waals surface area (Å²) >= 11 is 0. The molecule has 1 aromatic heterocycles. The van der Waals surface area contributed by atoms with E-state index in [0.29, 0.717) is 0 Å². The lowest BCUT2D eigenvalue weighted by Crippen LogP contribution is -2.30. The first kappa shape index (κ1) is 15.2. The molecule has 2 aromatic rings. The van der Waals surface area contributed by atoms with Gasteiger partial charge in [0.05, 0.1) is 5.69 Å². The van der Waals surface area contributed by atoms with E-state index in [1.807, 2.05) is 6.20 Å². The van der Waals surface area contributed by atoms with Crippen molar-refractivity contribution in [1.29, 1.82) is 0 Å². The summed E-state index contributed by atoms with van der Waals surface area (Å²) in [6, 6.07) is 14.9. The van der Waals surface area contributed by atoms with Gasteiger partial charge in [0.1, 0.15) is 0 Å². The SMILES string of the molecule is CCN1CCCN(Cc2cc(-c3ccccc3)ccn2)CC1. The third-order valence-electron chi connectivity index (χ3n) is 4.44. The van der Waals surface area contributed by atoms with Crippen molar-refractivity contribution in [2.45, 2.75) is 19.9 Å². The Morgan fingerprint density at radius 2 is 1.68 bits per heavy atom. The van der Waals surface area contributed by atoms with Crippen LogP contribution in [0, 0.1) is 0 Å². The van der Waals surface area contributed by atoms with Gasteiger partial charge in [-0.25, -0.2) is 0 Å². The molecular formula is C19H25N3. The van der Waals surface area contributed by atoms with Crippen molar-refractivity contribution in [2.24, 2.45) is 0 Å². The second-order valence-corrected chi connectivity index (χ2v) is 5.97. The Bertz CT molecular complexity index is 582. The van der Waals surface area contributed by atoms with Gasteiger partial charge >= 0.3 is 0 Å². The maximum Gasteiger partial charge on any atom is 0.0550 e. The zero-order valence-electron chi connectivity index (χ0n) is 13.4. The summed E-state index contributed by atoms with van der Waals surface area (Å²) in [6.45, 7) is 9.09. The molecule has 0 unspecified atom stereocenters. The van der Waals surface area contributed by atoms with Gasteiger partial charge in [-0.15, -0.1) is 0 Å². The lowest BCUT2D eigenvalue weighted by Gasteiger charge is -2.20. The molecule has 2 heterocycles. The van der Waals surface area contributed by atoms with E-state index in [2.05, 4.69) is 64.2 Å². The molecule has 0 amide bonds. The van der Waals surface area contributed by atoms with Crippen molar-refractivity contribution in [3.63, 3.8) is 0 Å². The molecule has 3 nitrogen and oxygen atoms in total. The lowest BCUT2D eigenvalue weighted by atomic mass is 10.1. The third-order valence-corrected chi connectivity index (χ3v) is 4.44. The normalized spacial score (nSPS) is 17.3. The maximum absolute atomic E-state index is 4.57. The molecule has 0 N–H and O–H groups in total. The third kappa shape index (κ3) is 3.93. The average molecular weight is 295 g/mol. The number of rotatable bonds is 4. The van der Waals surface area contributed by atoms with Crippen molar-refractivity contribution < 1.29 is 0 Å². The number of likely N-dealkylation sites (N-methyl/N-ethyl adjacent to an activating group) is 1. The van der Waals surface area contributed by atoms with E-state index in [-0.39, 0.29) is 0 Å². The molecule has 1 aliphatic heterocycles. The molecule has 0 aliphatic carbocycles. The topological polar surface area (TPSA) is 19.4 Å². The van der Waals surface area contributed by atoms with E-state index >= 15 is 0 Å². The molecule has 0 radical (unpaired) electrons. The minimum atomic E-state index is 0.957. The first-order chi connectivity index (χ1) is 10.8. The Morgan fingerprint density at radius 1 is 0.909 bits per heavy atom. The molecule has 1 aromatic carbocycles. The van der Waals surface area contributed by atoms with Gasteiger partial charge in [0.15, 0.2) is 0 Å². The number of pyridine rings is 1. The van der Waals surface area contributed by atoms with Crippen LogP contribution in [0.3, 0.4) is 0 Å². The van der Waals surface area contributed by atoms with E-state index in [0.717, 1.165) is 19.6 Å². The van der Waals surface area contributed by atoms with E-state index in [1.165, 1.54) is 42.9 Å². The fourth-order valence-electron chi connectivity index (χ4n) is 3.10. The fourth-order valence-corrected chi connectivity index (χ4v) is 3.10. The van der Waals surface area contributed by atoms with Gasteiger partial charge in [0.25, 0.3) is 0 Å². The molecule has 0 atom stereocenters. The zero-order valence-corrected chi connectivity index (χ0v) is 13.4. The Balaban J connectivity index is 1.68. The summed E-state index contributed by atoms with van der Waals surface area (Å²) in [7, 11) is 0. The zero-order chi connectivity index (χ0) is 15.2. The van der Waals surface area contributed by atoms with Crippen molar-refractivity contribution >= 4 is 0 Å². The van der Waals surface area contributed by atoms with Gasteiger partial charge in [0.2, 0.25) is 0 Å². The summed E-state index contributed by atoms with van der Waals surface area (Å²) in [5, 5.41) is 0. The molecule has 22 heavy (non-hydrogen) atoms. The molecule has 3 heteroatoms. The van der Waals surface area contributed by atoms with E-state index in [4.69, 9.17) is 0 Å². The van der Waals surface area contributed by atoms with Crippen LogP contribution in [-0.2, 0) is 6.54 Å². The van der Waals surface area contributed by atoms with Gasteiger partial charge < -0.3 is 4.90 Å². The van der Waals surface area contributed by atoms with Gasteiger partial charge in [-0.2, -0.15) is 0 Å². The molecule has 116 valence electrons. The Hall–Kier alpha value is -1.71. The van der Waals surface area contributed by atoms with Crippen LogP contribution in [-0.4, -0.2) is 47.5 Å². The molecule has 0 bridgehead atoms. The van der Waals surface area contributed by atoms with Crippen molar-refractivity contribution in [3.05, 3.63) is 54.4 Å². The van der Waals surface area contributed by atoms with Gasteiger partial charge in [-0.1, -0.05) is 37.3 Å². The van der Waals surface area contributed by atoms with Gasteiger partial charge in [0, 0.05) is 25.8 Å². The largest absolute Gasteiger partial charge is 0.302 e. The van der Waals surface area contributed by atoms with E-state index < -0.39 is 0 Å². The molecule has 1 fully saturated rings. The van der Waals surface area contributed by atoms with Crippen LogP contribution in [0.25, 0.3) is 11.1 Å². The highest BCUT2D eigenvalue weighted by molar-refractivity contribution is 5.63. The molecule has 0 saturated carbocycles. The first-order valence-electron chi connectivity index (χ1n) is 8.30. The lowest BCUT2D eigenvalue weighted by molar-refractivity contribution is 0.255. The Kier molecular flexibility index (Phi) is 5.20. The smallest absolute Gasteiger partial charge is 0.0550 e. The fraction of sp³-hybridized carbons (Fsp3) is 0.421. The second-order valence-electron chi connectivity index (χ2n) is 5.97. The molecule has 1 aliphatic rings. The highest BCUT2D eigenvalue weighted by atomic mass is 15.2. The van der Waals surface area contributed by atoms with Crippen LogP contribution in [0.15, 0.2) is 48.7 Å². The van der Waals surface area contributed by atoms with Crippen LogP contribution in [0.5, 0.6) is 0 Å². The highest BCUT2D eigenvalue weighted by Crippen LogP contribution is 2.19. The summed E-state index contributed by atoms with van der Waals surface area (Å²) < 4.78 is 0. The predicted molar refractivity (Wildman–Crippen MR) is 91.7 cm³/mol. The molecule has 0 spiro atoms. The molecular weight excluding hydrogens is 270 g/mol. The monoisotopic (exact) mass is 295 g/mol. The van der Waals surface area contributed by atoms with Gasteiger partial charge in [-0.05, 0) is 49.3 Å². The summed E-state index contributed by atoms with van der Waals surface area (Å²) in [5.41, 5.74) is 3.70. The van der Waals surface area contributed by atoms with Crippen LogP contribution in [0.2, 0.25) is 0 Å². The standard InChI is InChI=1S/C19H25N3/c1-2-21-11-6-12-22(14-13-21)16-19-15-18(9-10-20-19)17-7-4-3-5-8-17/h3-5,7-10,15H,2,6,11-14,16H2,1H3. The summed E-state index contributed by atoms with van der Waals surface area (Å²) in [5.74, 6) is 0. The van der Waals surface area contributed by atoms with Crippen molar-refractivity contribution in [3.8, 4) is 11.1 Å². The second kappa shape index (κ2) is 7.52. The molecule has 1 saturated heterocycles. The van der Waals surface area contributed by atoms with Crippen LogP contribution < -0.4 is 0 Å². The summed E-state index contributed by atoms with van der Waals surface area (Å²) in [6.07, 6.45) is 3.19. The number of hydrogen-bond acceptors (Lipinski definition) is 3. The Labute approximate surface area is 133 Å². The van der Waals surface area contributed by atoms with Crippen molar-refractivity contribution in [2.75, 3.05) is 32.7 Å². The number of benzene rings is 1. The van der Waals surface area contributed by atoms with Gasteiger partial charge in [-0.3, -0.25) is 9.88 Å². The summed E-state index contributed by atoms with van der Waals surface area (Å²) in [4.78, 5) is 9.64. The van der Waals surface area contributed by atoms with Crippen LogP contribution >= 0.6 is 0 Å². The van der Waals surface area contributed by atoms with Crippen LogP contribution in [0.4, 0.5) is 0 Å². The number of hydrogen-bond donors (Lipinski definition) is 0. The van der Waals surface area contributed by atoms with Crippen molar-refractivity contribution in [1.82, 2.24) is 14.8 Å². The minimum absolute atomic E-state index is 0.957. The number of nitrogens with zero attached hydrogens (tertiary/aromatic N) is 3. The molecule has 3 rings (SSSR count). The quantitative estimate of drug-likeness (QED) is 0.863. The number of aromatic nitrogens is 1. The van der Waals surface area contributed by atoms with E-state index in [1.54, 1.807) is 0 Å². The minimum Gasteiger partial charge on any atom is -0.302 e. The van der Waals surface area contributed by atoms with Crippen LogP contribution in [0.1, 0.15) is 19.0 Å². The predicted octanol–water partition coefficient (Wildman–Crippen LogP) is 3.28. The maximum atomic E-state index is 4.57. The van der Waals surface area contributed by atoms with E-state index in [9.17, 15) is 0 Å². The average Bonchev–Trinajstić information content (AvgIpc) is 2.81. The first-order valence-corrected chi connectivity index (χ1v) is 8.30.